The van der Waals surface area contributed by atoms with E-state index in [0.717, 1.165) is 19.0 Å². The Balaban J connectivity index is 2.52. The lowest BCUT2D eigenvalue weighted by atomic mass is 10.5. The van der Waals surface area contributed by atoms with Gasteiger partial charge in [0.05, 0.1) is 8.78 Å². The Morgan fingerprint density at radius 1 is 1.92 bits per heavy atom. The van der Waals surface area contributed by atoms with Crippen molar-refractivity contribution in [3.05, 3.63) is 22.0 Å². The first-order valence-corrected chi connectivity index (χ1v) is 3.85. The molecule has 1 N–H and O–H groups in total. The maximum Gasteiger partial charge on any atom is 0.435 e. The number of aromatic nitrogens is 2. The second-order valence-electron chi connectivity index (χ2n) is 2.91. The lowest BCUT2D eigenvalue weighted by Crippen LogP contribution is -2.05. The quantitative estimate of drug-likeness (QED) is 0.552. The van der Waals surface area contributed by atoms with Crippen LogP contribution in [0.5, 0.6) is 0 Å². The number of rotatable bonds is 3. The van der Waals surface area contributed by atoms with Crippen LogP contribution >= 0.6 is 0 Å². The van der Waals surface area contributed by atoms with Crippen LogP contribution in [0, 0.1) is 10.1 Å². The van der Waals surface area contributed by atoms with Crippen LogP contribution in [-0.2, 0) is 6.56 Å². The Bertz CT molecular complexity index is 408. The van der Waals surface area contributed by atoms with Crippen LogP contribution in [0.25, 0.3) is 0 Å². The van der Waals surface area contributed by atoms with Gasteiger partial charge < -0.3 is 15.2 Å². The van der Waals surface area contributed by atoms with Crippen LogP contribution in [-0.4, -0.2) is 19.6 Å². The molecule has 70 valence electrons. The highest BCUT2D eigenvalue weighted by molar-refractivity contribution is 5.18. The molecular formula is C7H9N3O3. The van der Waals surface area contributed by atoms with E-state index < -0.39 is 17.4 Å². The van der Waals surface area contributed by atoms with Crippen LogP contribution < -0.4 is 0 Å². The molecule has 0 aliphatic heterocycles. The molecule has 0 saturated heterocycles. The number of nitro groups is 1. The van der Waals surface area contributed by atoms with E-state index in [-0.39, 0.29) is 11.7 Å². The summed E-state index contributed by atoms with van der Waals surface area (Å²) in [6.07, 6.45) is 2.51. The zero-order valence-corrected chi connectivity index (χ0v) is 6.67. The third kappa shape index (κ3) is 1.29. The molecule has 0 unspecified atom stereocenters. The van der Waals surface area contributed by atoms with E-state index in [1.807, 2.05) is 0 Å². The molecule has 0 aromatic carbocycles. The molecule has 1 saturated carbocycles. The van der Waals surface area contributed by atoms with Gasteiger partial charge in [0.25, 0.3) is 0 Å². The molecule has 0 radical (unpaired) electrons. The van der Waals surface area contributed by atoms with Gasteiger partial charge in [0.15, 0.2) is 0 Å². The average molecular weight is 185 g/mol. The summed E-state index contributed by atoms with van der Waals surface area (Å²) in [4.78, 5) is 13.4. The van der Waals surface area contributed by atoms with Crippen molar-refractivity contribution in [2.45, 2.75) is 25.4 Å². The minimum absolute atomic E-state index is 0.106. The van der Waals surface area contributed by atoms with E-state index in [4.69, 9.17) is 2.74 Å². The summed E-state index contributed by atoms with van der Waals surface area (Å²) < 4.78 is 15.4. The molecule has 1 aliphatic carbocycles. The van der Waals surface area contributed by atoms with Gasteiger partial charge in [-0.05, 0) is 17.8 Å². The first-order valence-electron chi connectivity index (χ1n) is 4.85. The fourth-order valence-electron chi connectivity index (χ4n) is 1.26. The molecule has 2 rings (SSSR count). The molecule has 6 nitrogen and oxygen atoms in total. The largest absolute Gasteiger partial charge is 0.435 e. The Labute approximate surface area is 76.8 Å². The third-order valence-electron chi connectivity index (χ3n) is 1.97. The molecule has 1 aromatic heterocycles. The van der Waals surface area contributed by atoms with Crippen molar-refractivity contribution in [2.24, 2.45) is 0 Å². The van der Waals surface area contributed by atoms with E-state index in [1.54, 1.807) is 0 Å². The summed E-state index contributed by atoms with van der Waals surface area (Å²) in [7, 11) is 0. The second-order valence-corrected chi connectivity index (χ2v) is 2.91. The van der Waals surface area contributed by atoms with Gasteiger partial charge in [0.2, 0.25) is 0 Å². The fraction of sp³-hybridized carbons (Fsp3) is 0.571. The summed E-state index contributed by atoms with van der Waals surface area (Å²) in [5.41, 5.74) is -0.156. The van der Waals surface area contributed by atoms with Crippen molar-refractivity contribution >= 4 is 5.95 Å². The third-order valence-corrected chi connectivity index (χ3v) is 1.97. The summed E-state index contributed by atoms with van der Waals surface area (Å²) in [6.45, 7) is -2.59. The Hall–Kier alpha value is -1.43. The lowest BCUT2D eigenvalue weighted by Gasteiger charge is -2.00. The normalized spacial score (nSPS) is 19.5. The standard InChI is InChI=1S/C7H9N3O3/c11-4-6-3-8-7(10(12)13)9(6)5-1-2-5/h3,5,11H,1-2,4H2/i4D2. The van der Waals surface area contributed by atoms with Gasteiger partial charge in [-0.25, -0.2) is 4.57 Å². The van der Waals surface area contributed by atoms with Crippen molar-refractivity contribution in [2.75, 3.05) is 0 Å². The topological polar surface area (TPSA) is 81.2 Å². The van der Waals surface area contributed by atoms with Crippen molar-refractivity contribution in [1.29, 1.82) is 0 Å². The highest BCUT2D eigenvalue weighted by Gasteiger charge is 2.34. The minimum Gasteiger partial charge on any atom is -0.390 e. The smallest absolute Gasteiger partial charge is 0.390 e. The Morgan fingerprint density at radius 3 is 3.08 bits per heavy atom. The van der Waals surface area contributed by atoms with Gasteiger partial charge >= 0.3 is 5.95 Å². The van der Waals surface area contributed by atoms with E-state index in [1.165, 1.54) is 4.57 Å². The SMILES string of the molecule is [2H]C([2H])(O)c1cnc([N+](=O)[O-])n1C1CC1. The molecule has 1 fully saturated rings. The summed E-state index contributed by atoms with van der Waals surface area (Å²) >= 11 is 0. The average Bonchev–Trinajstić information content (AvgIpc) is 2.81. The minimum atomic E-state index is -2.59. The van der Waals surface area contributed by atoms with E-state index in [9.17, 15) is 15.2 Å². The summed E-state index contributed by atoms with van der Waals surface area (Å²) in [5, 5.41) is 19.8. The summed E-state index contributed by atoms with van der Waals surface area (Å²) in [6, 6.07) is -0.106. The van der Waals surface area contributed by atoms with Crippen molar-refractivity contribution < 1.29 is 12.8 Å². The molecule has 1 aromatic rings. The van der Waals surface area contributed by atoms with Gasteiger partial charge in [0.1, 0.15) is 18.4 Å². The van der Waals surface area contributed by atoms with Crippen molar-refractivity contribution in [3.63, 3.8) is 0 Å². The lowest BCUT2D eigenvalue weighted by molar-refractivity contribution is -0.396. The second kappa shape index (κ2) is 2.81. The van der Waals surface area contributed by atoms with Gasteiger partial charge in [-0.15, -0.1) is 0 Å². The maximum absolute atomic E-state index is 10.6. The van der Waals surface area contributed by atoms with Crippen LogP contribution in [0.15, 0.2) is 6.20 Å². The monoisotopic (exact) mass is 185 g/mol. The number of aliphatic hydroxyl groups is 1. The number of hydrogen-bond donors (Lipinski definition) is 1. The maximum atomic E-state index is 10.6. The molecule has 0 amide bonds. The molecule has 13 heavy (non-hydrogen) atoms. The molecule has 0 atom stereocenters. The van der Waals surface area contributed by atoms with Gasteiger partial charge in [-0.2, -0.15) is 0 Å². The highest BCUT2D eigenvalue weighted by Crippen LogP contribution is 2.38. The van der Waals surface area contributed by atoms with Gasteiger partial charge in [0, 0.05) is 0 Å². The molecule has 1 heterocycles. The highest BCUT2D eigenvalue weighted by atomic mass is 16.6. The van der Waals surface area contributed by atoms with Crippen LogP contribution in [0.3, 0.4) is 0 Å². The summed E-state index contributed by atoms with van der Waals surface area (Å²) in [5.74, 6) is -0.412. The zero-order valence-electron chi connectivity index (χ0n) is 8.67. The Morgan fingerprint density at radius 2 is 2.62 bits per heavy atom. The van der Waals surface area contributed by atoms with Crippen LogP contribution in [0.1, 0.15) is 27.3 Å². The van der Waals surface area contributed by atoms with E-state index in [0.29, 0.717) is 0 Å². The predicted octanol–water partition coefficient (Wildman–Crippen LogP) is 0.618. The van der Waals surface area contributed by atoms with E-state index in [2.05, 4.69) is 4.98 Å². The van der Waals surface area contributed by atoms with Crippen LogP contribution in [0.4, 0.5) is 5.95 Å². The molecular weight excluding hydrogens is 174 g/mol. The van der Waals surface area contributed by atoms with E-state index >= 15 is 0 Å². The van der Waals surface area contributed by atoms with Gasteiger partial charge in [-0.1, -0.05) is 4.98 Å². The molecule has 0 spiro atoms. The number of nitrogens with zero attached hydrogens (tertiary/aromatic N) is 3. The first kappa shape index (κ1) is 6.09. The zero-order chi connectivity index (χ0) is 11.2. The van der Waals surface area contributed by atoms with Crippen LogP contribution in [0.2, 0.25) is 0 Å². The molecule has 0 bridgehead atoms. The van der Waals surface area contributed by atoms with Gasteiger partial charge in [-0.3, -0.25) is 0 Å². The fourth-order valence-corrected chi connectivity index (χ4v) is 1.26. The number of imidazole rings is 1. The first-order chi connectivity index (χ1) is 6.91. The van der Waals surface area contributed by atoms with Crippen molar-refractivity contribution in [3.8, 4) is 0 Å². The molecule has 1 aliphatic rings. The Kier molecular flexibility index (Phi) is 1.31. The predicted molar refractivity (Wildman–Crippen MR) is 43.1 cm³/mol. The molecule has 6 heteroatoms. The van der Waals surface area contributed by atoms with Crippen molar-refractivity contribution in [1.82, 2.24) is 9.55 Å². The number of hydrogen-bond acceptors (Lipinski definition) is 4.